The number of hydrogen-bond acceptors (Lipinski definition) is 6. The van der Waals surface area contributed by atoms with E-state index < -0.39 is 15.7 Å². The Balaban J connectivity index is 1.52. The van der Waals surface area contributed by atoms with Gasteiger partial charge in [0.1, 0.15) is 12.4 Å². The number of carbonyl (C=O) groups excluding carboxylic acids is 1. The first-order valence-corrected chi connectivity index (χ1v) is 13.6. The maximum atomic E-state index is 12.9. The lowest BCUT2D eigenvalue weighted by Gasteiger charge is -2.07. The van der Waals surface area contributed by atoms with Gasteiger partial charge in [0.2, 0.25) is 5.88 Å². The van der Waals surface area contributed by atoms with Gasteiger partial charge in [-0.2, -0.15) is 0 Å². The summed E-state index contributed by atoms with van der Waals surface area (Å²) in [5.41, 5.74) is 2.61. The number of fused-ring (bicyclic) bond motifs is 2. The number of aromatic hydroxyl groups is 1. The number of carbonyl (C=O) groups is 1. The molecule has 1 amide bonds. The van der Waals surface area contributed by atoms with Gasteiger partial charge in [0.05, 0.1) is 21.4 Å². The lowest BCUT2D eigenvalue weighted by atomic mass is 10.2. The van der Waals surface area contributed by atoms with E-state index in [-0.39, 0.29) is 23.0 Å². The van der Waals surface area contributed by atoms with Crippen molar-refractivity contribution in [3.05, 3.63) is 70.2 Å². The van der Waals surface area contributed by atoms with E-state index in [1.165, 1.54) is 12.1 Å². The molecule has 0 bridgehead atoms. The standard InChI is InChI=1S/C24H17BrClN5O4S/c1-36(34,35)16-6-2-13(3-7-16)23-27-19-11-15(26)5-9-20(19)31(23)12-21(32)29-30-22-17-10-14(25)4-8-18(17)28-24(22)33/h2-11,28,33H,12H2,1H3. The Kier molecular flexibility index (Phi) is 6.15. The fourth-order valence-electron chi connectivity index (χ4n) is 3.84. The number of azo groups is 1. The number of imidazole rings is 1. The molecular weight excluding hydrogens is 570 g/mol. The van der Waals surface area contributed by atoms with Crippen LogP contribution in [-0.2, 0) is 21.2 Å². The minimum atomic E-state index is -3.36. The molecule has 0 spiro atoms. The number of sulfone groups is 1. The van der Waals surface area contributed by atoms with Crippen molar-refractivity contribution in [1.82, 2.24) is 14.5 Å². The largest absolute Gasteiger partial charge is 0.493 e. The molecule has 0 aliphatic rings. The SMILES string of the molecule is CS(=O)(=O)c1ccc(-c2nc3cc(Cl)ccc3n2CC(=O)N=Nc2c(O)[nH]c3ccc(Br)cc23)cc1. The summed E-state index contributed by atoms with van der Waals surface area (Å²) in [4.78, 5) is 20.5. The van der Waals surface area contributed by atoms with Gasteiger partial charge < -0.3 is 14.7 Å². The molecule has 2 aromatic heterocycles. The van der Waals surface area contributed by atoms with E-state index in [4.69, 9.17) is 11.6 Å². The smallest absolute Gasteiger partial charge is 0.284 e. The number of amides is 1. The first kappa shape index (κ1) is 24.2. The highest BCUT2D eigenvalue weighted by molar-refractivity contribution is 9.10. The number of aromatic nitrogens is 3. The monoisotopic (exact) mass is 585 g/mol. The third kappa shape index (κ3) is 4.64. The van der Waals surface area contributed by atoms with Gasteiger partial charge in [-0.3, -0.25) is 4.79 Å². The minimum absolute atomic E-state index is 0.151. The normalized spacial score (nSPS) is 12.2. The second-order valence-corrected chi connectivity index (χ2v) is 11.4. The molecule has 0 atom stereocenters. The van der Waals surface area contributed by atoms with E-state index in [1.54, 1.807) is 47.0 Å². The van der Waals surface area contributed by atoms with Gasteiger partial charge in [0.15, 0.2) is 15.5 Å². The van der Waals surface area contributed by atoms with E-state index in [9.17, 15) is 18.3 Å². The number of halogens is 2. The highest BCUT2D eigenvalue weighted by atomic mass is 79.9. The lowest BCUT2D eigenvalue weighted by molar-refractivity contribution is -0.118. The average molecular weight is 587 g/mol. The molecule has 0 unspecified atom stereocenters. The third-order valence-electron chi connectivity index (χ3n) is 5.52. The predicted molar refractivity (Wildman–Crippen MR) is 140 cm³/mol. The van der Waals surface area contributed by atoms with Gasteiger partial charge in [-0.15, -0.1) is 10.2 Å². The first-order valence-electron chi connectivity index (χ1n) is 10.5. The van der Waals surface area contributed by atoms with E-state index >= 15 is 0 Å². The van der Waals surface area contributed by atoms with Crippen LogP contribution in [0, 0.1) is 0 Å². The molecule has 182 valence electrons. The van der Waals surface area contributed by atoms with Gasteiger partial charge >= 0.3 is 0 Å². The van der Waals surface area contributed by atoms with E-state index in [1.807, 2.05) is 6.07 Å². The molecule has 3 aromatic carbocycles. The van der Waals surface area contributed by atoms with Crippen molar-refractivity contribution in [2.75, 3.05) is 6.26 Å². The summed E-state index contributed by atoms with van der Waals surface area (Å²) in [6.45, 7) is -0.197. The zero-order valence-electron chi connectivity index (χ0n) is 18.6. The molecule has 5 rings (SSSR count). The molecule has 0 aliphatic carbocycles. The van der Waals surface area contributed by atoms with Crippen LogP contribution in [0.25, 0.3) is 33.3 Å². The van der Waals surface area contributed by atoms with Gasteiger partial charge in [-0.25, -0.2) is 13.4 Å². The summed E-state index contributed by atoms with van der Waals surface area (Å²) in [5, 5.41) is 19.1. The molecule has 0 radical (unpaired) electrons. The topological polar surface area (TPSA) is 130 Å². The van der Waals surface area contributed by atoms with Crippen LogP contribution >= 0.6 is 27.5 Å². The Bertz CT molecular complexity index is 1790. The number of nitrogens with one attached hydrogen (secondary N) is 1. The summed E-state index contributed by atoms with van der Waals surface area (Å²) in [6, 6.07) is 16.7. The highest BCUT2D eigenvalue weighted by Crippen LogP contribution is 2.37. The zero-order valence-corrected chi connectivity index (χ0v) is 21.8. The Morgan fingerprint density at radius 3 is 2.61 bits per heavy atom. The van der Waals surface area contributed by atoms with Crippen molar-refractivity contribution >= 4 is 70.9 Å². The van der Waals surface area contributed by atoms with Crippen molar-refractivity contribution in [2.45, 2.75) is 11.4 Å². The maximum absolute atomic E-state index is 12.9. The molecule has 9 nitrogen and oxygen atoms in total. The molecule has 2 N–H and O–H groups in total. The van der Waals surface area contributed by atoms with Crippen LogP contribution in [0.4, 0.5) is 5.69 Å². The highest BCUT2D eigenvalue weighted by Gasteiger charge is 2.17. The van der Waals surface area contributed by atoms with Crippen LogP contribution in [-0.4, -0.2) is 40.2 Å². The van der Waals surface area contributed by atoms with E-state index in [0.29, 0.717) is 38.3 Å². The Morgan fingerprint density at radius 1 is 1.14 bits per heavy atom. The molecule has 36 heavy (non-hydrogen) atoms. The van der Waals surface area contributed by atoms with Crippen LogP contribution in [0.1, 0.15) is 0 Å². The van der Waals surface area contributed by atoms with E-state index in [2.05, 4.69) is 36.1 Å². The predicted octanol–water partition coefficient (Wildman–Crippen LogP) is 6.02. The Labute approximate surface area is 218 Å². The van der Waals surface area contributed by atoms with Crippen LogP contribution in [0.3, 0.4) is 0 Å². The number of benzene rings is 3. The molecule has 0 aliphatic heterocycles. The molecule has 12 heteroatoms. The van der Waals surface area contributed by atoms with Crippen molar-refractivity contribution in [3.8, 4) is 17.3 Å². The molecule has 0 saturated carbocycles. The Hall–Kier alpha value is -3.54. The molecular formula is C24H17BrClN5O4S. The number of rotatable bonds is 5. The van der Waals surface area contributed by atoms with Crippen molar-refractivity contribution in [1.29, 1.82) is 0 Å². The summed E-state index contributed by atoms with van der Waals surface area (Å²) in [6.07, 6.45) is 1.13. The third-order valence-corrected chi connectivity index (χ3v) is 7.38. The molecule has 0 saturated heterocycles. The van der Waals surface area contributed by atoms with Crippen molar-refractivity contribution in [2.24, 2.45) is 10.2 Å². The van der Waals surface area contributed by atoms with Crippen LogP contribution < -0.4 is 0 Å². The van der Waals surface area contributed by atoms with Crippen LogP contribution in [0.5, 0.6) is 5.88 Å². The van der Waals surface area contributed by atoms with E-state index in [0.717, 1.165) is 10.7 Å². The van der Waals surface area contributed by atoms with Gasteiger partial charge in [0.25, 0.3) is 5.91 Å². The number of nitrogens with zero attached hydrogens (tertiary/aromatic N) is 4. The second kappa shape index (κ2) is 9.16. The molecule has 5 aromatic rings. The number of aromatic amines is 1. The zero-order chi connectivity index (χ0) is 25.6. The summed E-state index contributed by atoms with van der Waals surface area (Å²) < 4.78 is 26.1. The van der Waals surface area contributed by atoms with Crippen molar-refractivity contribution in [3.63, 3.8) is 0 Å². The van der Waals surface area contributed by atoms with Gasteiger partial charge in [-0.1, -0.05) is 27.5 Å². The molecule has 0 fully saturated rings. The second-order valence-electron chi connectivity index (χ2n) is 8.06. The minimum Gasteiger partial charge on any atom is -0.493 e. The Morgan fingerprint density at radius 2 is 1.89 bits per heavy atom. The average Bonchev–Trinajstić information content (AvgIpc) is 3.33. The summed E-state index contributed by atoms with van der Waals surface area (Å²) in [5.74, 6) is -0.342. The van der Waals surface area contributed by atoms with Crippen LogP contribution in [0.2, 0.25) is 5.02 Å². The molecule has 2 heterocycles. The number of hydrogen-bond donors (Lipinski definition) is 2. The first-order chi connectivity index (χ1) is 17.1. The number of H-pyrrole nitrogens is 1. The fourth-order valence-corrected chi connectivity index (χ4v) is 5.00. The lowest BCUT2D eigenvalue weighted by Crippen LogP contribution is -2.09. The maximum Gasteiger partial charge on any atom is 0.284 e. The van der Waals surface area contributed by atoms with Gasteiger partial charge in [-0.05, 0) is 60.7 Å². The summed E-state index contributed by atoms with van der Waals surface area (Å²) in [7, 11) is -3.36. The van der Waals surface area contributed by atoms with Crippen LogP contribution in [0.15, 0.2) is 80.3 Å². The summed E-state index contributed by atoms with van der Waals surface area (Å²) >= 11 is 9.52. The quantitative estimate of drug-likeness (QED) is 0.243. The van der Waals surface area contributed by atoms with Crippen molar-refractivity contribution < 1.29 is 18.3 Å². The van der Waals surface area contributed by atoms with Gasteiger partial charge in [0, 0.05) is 26.7 Å². The fraction of sp³-hybridized carbons (Fsp3) is 0.0833.